The fourth-order valence-corrected chi connectivity index (χ4v) is 4.39. The highest BCUT2D eigenvalue weighted by Gasteiger charge is 2.37. The molecule has 5 nitrogen and oxygen atoms in total. The largest absolute Gasteiger partial charge is 0.368 e. The van der Waals surface area contributed by atoms with Crippen LogP contribution in [0.25, 0.3) is 0 Å². The molecule has 1 aliphatic heterocycles. The van der Waals surface area contributed by atoms with E-state index >= 15 is 0 Å². The zero-order valence-electron chi connectivity index (χ0n) is 12.4. The summed E-state index contributed by atoms with van der Waals surface area (Å²) in [6, 6.07) is 0. The lowest BCUT2D eigenvalue weighted by molar-refractivity contribution is -0.141. The van der Waals surface area contributed by atoms with Gasteiger partial charge in [-0.15, -0.1) is 0 Å². The Labute approximate surface area is 121 Å². The van der Waals surface area contributed by atoms with Crippen molar-refractivity contribution in [1.82, 2.24) is 4.90 Å². The Morgan fingerprint density at radius 2 is 2.10 bits per heavy atom. The Morgan fingerprint density at radius 1 is 1.35 bits per heavy atom. The average Bonchev–Trinajstić information content (AvgIpc) is 2.46. The third-order valence-corrected chi connectivity index (χ3v) is 6.19. The van der Waals surface area contributed by atoms with E-state index in [1.54, 1.807) is 0 Å². The number of likely N-dealkylation sites (N-methyl/N-ethyl adjacent to an activating group) is 1. The van der Waals surface area contributed by atoms with Crippen LogP contribution in [0.4, 0.5) is 0 Å². The number of sulfone groups is 1. The molecule has 0 radical (unpaired) electrons. The Bertz CT molecular complexity index is 448. The van der Waals surface area contributed by atoms with Gasteiger partial charge in [0.1, 0.15) is 15.9 Å². The van der Waals surface area contributed by atoms with Gasteiger partial charge >= 0.3 is 0 Å². The van der Waals surface area contributed by atoms with Crippen LogP contribution in [0.3, 0.4) is 0 Å². The number of nitrogens with zero attached hydrogens (tertiary/aromatic N) is 1. The molecule has 20 heavy (non-hydrogen) atoms. The quantitative estimate of drug-likeness (QED) is 0.771. The average molecular weight is 303 g/mol. The summed E-state index contributed by atoms with van der Waals surface area (Å²) < 4.78 is 29.0. The zero-order valence-corrected chi connectivity index (χ0v) is 13.2. The predicted octanol–water partition coefficient (Wildman–Crippen LogP) is 0.880. The minimum Gasteiger partial charge on any atom is -0.368 e. The third-order valence-electron chi connectivity index (χ3n) is 4.55. The number of ketones is 1. The van der Waals surface area contributed by atoms with Gasteiger partial charge in [0.25, 0.3) is 0 Å². The van der Waals surface area contributed by atoms with E-state index in [9.17, 15) is 13.2 Å². The van der Waals surface area contributed by atoms with Crippen LogP contribution in [0, 0.1) is 5.92 Å². The number of morpholine rings is 1. The van der Waals surface area contributed by atoms with Crippen molar-refractivity contribution in [3.05, 3.63) is 0 Å². The van der Waals surface area contributed by atoms with E-state index in [0.29, 0.717) is 26.0 Å². The highest BCUT2D eigenvalue weighted by molar-refractivity contribution is 7.91. The van der Waals surface area contributed by atoms with Gasteiger partial charge in [-0.25, -0.2) is 8.42 Å². The molecule has 6 heteroatoms. The summed E-state index contributed by atoms with van der Waals surface area (Å²) in [7, 11) is -3.04. The number of ether oxygens (including phenoxy) is 1. The second-order valence-corrected chi connectivity index (χ2v) is 8.30. The number of carbonyl (C=O) groups is 1. The van der Waals surface area contributed by atoms with Crippen molar-refractivity contribution in [2.24, 2.45) is 5.92 Å². The molecule has 1 saturated heterocycles. The molecule has 116 valence electrons. The molecule has 0 aromatic heterocycles. The molecular formula is C14H25NO4S. The van der Waals surface area contributed by atoms with Crippen molar-refractivity contribution >= 4 is 15.6 Å². The molecule has 3 unspecified atom stereocenters. The van der Waals surface area contributed by atoms with E-state index in [0.717, 1.165) is 25.9 Å². The smallest absolute Gasteiger partial charge is 0.165 e. The van der Waals surface area contributed by atoms with Gasteiger partial charge in [-0.2, -0.15) is 0 Å². The molecule has 2 aliphatic rings. The van der Waals surface area contributed by atoms with E-state index in [4.69, 9.17) is 4.74 Å². The summed E-state index contributed by atoms with van der Waals surface area (Å²) >= 11 is 0. The van der Waals surface area contributed by atoms with Gasteiger partial charge in [0.05, 0.1) is 11.9 Å². The van der Waals surface area contributed by atoms with Gasteiger partial charge in [0.2, 0.25) is 0 Å². The van der Waals surface area contributed by atoms with Crippen molar-refractivity contribution in [3.63, 3.8) is 0 Å². The highest BCUT2D eigenvalue weighted by atomic mass is 32.2. The molecular weight excluding hydrogens is 278 g/mol. The van der Waals surface area contributed by atoms with Crippen molar-refractivity contribution in [2.45, 2.75) is 44.0 Å². The Hall–Kier alpha value is -0.460. The van der Waals surface area contributed by atoms with Crippen LogP contribution >= 0.6 is 0 Å². The van der Waals surface area contributed by atoms with Crippen molar-refractivity contribution in [3.8, 4) is 0 Å². The SMILES string of the molecule is CCN1CCOC(C(=O)C2CCCC(S(C)(=O)=O)C2)C1. The normalized spacial score (nSPS) is 33.0. The summed E-state index contributed by atoms with van der Waals surface area (Å²) in [5, 5.41) is -0.351. The van der Waals surface area contributed by atoms with Crippen LogP contribution in [0.15, 0.2) is 0 Å². The summed E-state index contributed by atoms with van der Waals surface area (Å²) in [6.45, 7) is 5.11. The first-order valence-corrected chi connectivity index (χ1v) is 9.43. The molecule has 0 spiro atoms. The van der Waals surface area contributed by atoms with Crippen LogP contribution in [0.1, 0.15) is 32.6 Å². The lowest BCUT2D eigenvalue weighted by atomic mass is 9.84. The Kier molecular flexibility index (Phi) is 5.20. The second-order valence-electron chi connectivity index (χ2n) is 5.97. The minimum atomic E-state index is -3.04. The predicted molar refractivity (Wildman–Crippen MR) is 77.5 cm³/mol. The fraction of sp³-hybridized carbons (Fsp3) is 0.929. The molecule has 0 amide bonds. The Balaban J connectivity index is 1.98. The van der Waals surface area contributed by atoms with Gasteiger partial charge in [0, 0.05) is 25.3 Å². The number of hydrogen-bond acceptors (Lipinski definition) is 5. The molecule has 1 heterocycles. The number of Topliss-reactive ketones (excluding diaryl/α,β-unsaturated/α-hetero) is 1. The molecule has 1 aliphatic carbocycles. The summed E-state index contributed by atoms with van der Waals surface area (Å²) in [5.41, 5.74) is 0. The first-order chi connectivity index (χ1) is 9.41. The monoisotopic (exact) mass is 303 g/mol. The van der Waals surface area contributed by atoms with E-state index in [1.807, 2.05) is 0 Å². The van der Waals surface area contributed by atoms with Gasteiger partial charge in [0.15, 0.2) is 5.78 Å². The standard InChI is InChI=1S/C14H25NO4S/c1-3-15-7-8-19-13(10-15)14(16)11-5-4-6-12(9-11)20(2,17)18/h11-13H,3-10H2,1-2H3. The molecule has 2 fully saturated rings. The summed E-state index contributed by atoms with van der Waals surface area (Å²) in [4.78, 5) is 14.8. The van der Waals surface area contributed by atoms with Crippen molar-refractivity contribution < 1.29 is 17.9 Å². The highest BCUT2D eigenvalue weighted by Crippen LogP contribution is 2.30. The van der Waals surface area contributed by atoms with Gasteiger partial charge in [-0.1, -0.05) is 13.3 Å². The van der Waals surface area contributed by atoms with Crippen molar-refractivity contribution in [1.29, 1.82) is 0 Å². The van der Waals surface area contributed by atoms with Crippen LogP contribution in [-0.2, 0) is 19.4 Å². The summed E-state index contributed by atoms with van der Waals surface area (Å²) in [6.07, 6.45) is 3.70. The van der Waals surface area contributed by atoms with Crippen LogP contribution in [0.2, 0.25) is 0 Å². The minimum absolute atomic E-state index is 0.108. The maximum Gasteiger partial charge on any atom is 0.165 e. The van der Waals surface area contributed by atoms with E-state index in [-0.39, 0.29) is 23.1 Å². The number of hydrogen-bond donors (Lipinski definition) is 0. The molecule has 3 atom stereocenters. The van der Waals surface area contributed by atoms with Crippen LogP contribution < -0.4 is 0 Å². The van der Waals surface area contributed by atoms with E-state index < -0.39 is 9.84 Å². The second kappa shape index (κ2) is 6.54. The van der Waals surface area contributed by atoms with Gasteiger partial charge in [-0.3, -0.25) is 9.69 Å². The summed E-state index contributed by atoms with van der Waals surface area (Å²) in [5.74, 6) is -0.0400. The van der Waals surface area contributed by atoms with Gasteiger partial charge in [-0.05, 0) is 25.8 Å². The zero-order chi connectivity index (χ0) is 14.8. The molecule has 1 saturated carbocycles. The molecule has 2 rings (SSSR count). The number of rotatable bonds is 4. The maximum absolute atomic E-state index is 12.5. The topological polar surface area (TPSA) is 63.7 Å². The lowest BCUT2D eigenvalue weighted by Gasteiger charge is -2.35. The van der Waals surface area contributed by atoms with E-state index in [2.05, 4.69) is 11.8 Å². The Morgan fingerprint density at radius 3 is 2.75 bits per heavy atom. The molecule has 0 bridgehead atoms. The van der Waals surface area contributed by atoms with Gasteiger partial charge < -0.3 is 4.74 Å². The van der Waals surface area contributed by atoms with Crippen molar-refractivity contribution in [2.75, 3.05) is 32.5 Å². The molecule has 0 aromatic rings. The third kappa shape index (κ3) is 3.80. The first kappa shape index (κ1) is 15.9. The maximum atomic E-state index is 12.5. The van der Waals surface area contributed by atoms with Crippen LogP contribution in [0.5, 0.6) is 0 Å². The fourth-order valence-electron chi connectivity index (χ4n) is 3.22. The number of carbonyl (C=O) groups excluding carboxylic acids is 1. The van der Waals surface area contributed by atoms with E-state index in [1.165, 1.54) is 6.26 Å². The molecule has 0 N–H and O–H groups in total. The van der Waals surface area contributed by atoms with Crippen LogP contribution in [-0.4, -0.2) is 63.0 Å². The molecule has 0 aromatic carbocycles. The first-order valence-electron chi connectivity index (χ1n) is 7.48. The lowest BCUT2D eigenvalue weighted by Crippen LogP contribution is -2.48.